The molecule has 1 aliphatic rings. The van der Waals surface area contributed by atoms with Gasteiger partial charge in [0.1, 0.15) is 0 Å². The maximum absolute atomic E-state index is 12.9. The number of alkyl halides is 3. The van der Waals surface area contributed by atoms with E-state index >= 15 is 0 Å². The van der Waals surface area contributed by atoms with Crippen LogP contribution in [0.15, 0.2) is 4.42 Å². The van der Waals surface area contributed by atoms with Crippen molar-refractivity contribution in [1.82, 2.24) is 9.88 Å². The lowest BCUT2D eigenvalue weighted by molar-refractivity contribution is -0.271. The summed E-state index contributed by atoms with van der Waals surface area (Å²) < 4.78 is 43.9. The van der Waals surface area contributed by atoms with E-state index in [0.29, 0.717) is 18.0 Å². The minimum Gasteiger partial charge on any atom is -0.435 e. The highest BCUT2D eigenvalue weighted by Crippen LogP contribution is 2.37. The summed E-state index contributed by atoms with van der Waals surface area (Å²) in [5.41, 5.74) is -2.51. The number of nitrogens with zero attached hydrogens (tertiary/aromatic N) is 2. The monoisotopic (exact) mass is 306 g/mol. The molecule has 1 aromatic rings. The van der Waals surface area contributed by atoms with Gasteiger partial charge in [0.2, 0.25) is 5.76 Å². The topological polar surface area (TPSA) is 66.6 Å². The van der Waals surface area contributed by atoms with Crippen LogP contribution in [0.4, 0.5) is 13.2 Å². The molecule has 8 heteroatoms. The van der Waals surface area contributed by atoms with Gasteiger partial charge in [-0.15, -0.1) is 0 Å². The summed E-state index contributed by atoms with van der Waals surface area (Å²) in [7, 11) is 0. The lowest BCUT2D eigenvalue weighted by Gasteiger charge is -2.39. The zero-order valence-corrected chi connectivity index (χ0v) is 11.8. The molecule has 5 nitrogen and oxygen atoms in total. The van der Waals surface area contributed by atoms with Gasteiger partial charge in [0, 0.05) is 13.0 Å². The van der Waals surface area contributed by atoms with Crippen molar-refractivity contribution in [2.75, 3.05) is 13.1 Å². The average molecular weight is 306 g/mol. The molecule has 1 aromatic heterocycles. The van der Waals surface area contributed by atoms with E-state index in [1.54, 1.807) is 13.8 Å². The van der Waals surface area contributed by atoms with Crippen molar-refractivity contribution in [1.29, 1.82) is 0 Å². The Morgan fingerprint density at radius 2 is 2.19 bits per heavy atom. The van der Waals surface area contributed by atoms with Gasteiger partial charge in [0.15, 0.2) is 11.5 Å². The number of amides is 1. The van der Waals surface area contributed by atoms with Crippen molar-refractivity contribution in [2.45, 2.75) is 44.9 Å². The summed E-state index contributed by atoms with van der Waals surface area (Å²) in [6.07, 6.45) is -4.61. The zero-order chi connectivity index (χ0) is 15.8. The largest absolute Gasteiger partial charge is 0.435 e. The van der Waals surface area contributed by atoms with Crippen molar-refractivity contribution in [2.24, 2.45) is 0 Å². The Morgan fingerprint density at radius 3 is 2.71 bits per heavy atom. The normalized spacial score (nSPS) is 23.4. The molecule has 2 rings (SSSR count). The van der Waals surface area contributed by atoms with Crippen LogP contribution in [0.1, 0.15) is 41.9 Å². The standard InChI is InChI=1S/C13H17F3N2O3/c1-3-9-17-8(2)10(21-9)11(19)18-6-4-5-12(20,7-18)13(14,15)16/h20H,3-7H2,1-2H3. The predicted octanol–water partition coefficient (Wildman–Crippen LogP) is 2.07. The number of hydrogen-bond donors (Lipinski definition) is 1. The third kappa shape index (κ3) is 2.90. The molecule has 0 aliphatic carbocycles. The second kappa shape index (κ2) is 5.32. The van der Waals surface area contributed by atoms with Gasteiger partial charge in [-0.05, 0) is 19.8 Å². The van der Waals surface area contributed by atoms with Crippen LogP contribution < -0.4 is 0 Å². The lowest BCUT2D eigenvalue weighted by atomic mass is 9.92. The first kappa shape index (κ1) is 15.8. The zero-order valence-electron chi connectivity index (χ0n) is 11.8. The number of aryl methyl sites for hydroxylation is 2. The number of aliphatic hydroxyl groups is 1. The molecule has 1 aliphatic heterocycles. The van der Waals surface area contributed by atoms with Crippen molar-refractivity contribution in [3.05, 3.63) is 17.3 Å². The smallest absolute Gasteiger partial charge is 0.418 e. The minimum absolute atomic E-state index is 0.0572. The highest BCUT2D eigenvalue weighted by Gasteiger charge is 2.56. The van der Waals surface area contributed by atoms with E-state index < -0.39 is 30.7 Å². The van der Waals surface area contributed by atoms with Crippen LogP contribution in [-0.4, -0.2) is 45.8 Å². The first-order valence-electron chi connectivity index (χ1n) is 6.72. The SMILES string of the molecule is CCc1nc(C)c(C(=O)N2CCCC(O)(C(F)(F)F)C2)o1. The fraction of sp³-hybridized carbons (Fsp3) is 0.692. The van der Waals surface area contributed by atoms with E-state index in [9.17, 15) is 23.1 Å². The van der Waals surface area contributed by atoms with Crippen molar-refractivity contribution < 1.29 is 27.5 Å². The third-order valence-corrected chi connectivity index (χ3v) is 3.62. The van der Waals surface area contributed by atoms with Crippen LogP contribution in [-0.2, 0) is 6.42 Å². The van der Waals surface area contributed by atoms with E-state index in [2.05, 4.69) is 4.98 Å². The second-order valence-electron chi connectivity index (χ2n) is 5.24. The fourth-order valence-electron chi connectivity index (χ4n) is 2.39. The molecule has 0 bridgehead atoms. The van der Waals surface area contributed by atoms with Gasteiger partial charge in [-0.2, -0.15) is 13.2 Å². The quantitative estimate of drug-likeness (QED) is 0.908. The van der Waals surface area contributed by atoms with Crippen LogP contribution in [0.2, 0.25) is 0 Å². The average Bonchev–Trinajstić information content (AvgIpc) is 2.78. The Balaban J connectivity index is 2.21. The number of β-amino-alcohol motifs (C(OH)–C–C–N with tert-alkyl or cyclic N) is 1. The summed E-state index contributed by atoms with van der Waals surface area (Å²) in [6, 6.07) is 0. The molecule has 1 saturated heterocycles. The van der Waals surface area contributed by atoms with Gasteiger partial charge in [-0.3, -0.25) is 4.79 Å². The van der Waals surface area contributed by atoms with Crippen LogP contribution >= 0.6 is 0 Å². The number of piperidine rings is 1. The molecule has 1 N–H and O–H groups in total. The van der Waals surface area contributed by atoms with Crippen LogP contribution in [0, 0.1) is 6.92 Å². The van der Waals surface area contributed by atoms with Gasteiger partial charge in [-0.25, -0.2) is 4.98 Å². The molecule has 0 aromatic carbocycles. The maximum atomic E-state index is 12.9. The Morgan fingerprint density at radius 1 is 1.52 bits per heavy atom. The van der Waals surface area contributed by atoms with E-state index in [-0.39, 0.29) is 18.7 Å². The molecule has 0 spiro atoms. The predicted molar refractivity (Wildman–Crippen MR) is 66.8 cm³/mol. The van der Waals surface area contributed by atoms with Gasteiger partial charge in [-0.1, -0.05) is 6.92 Å². The lowest BCUT2D eigenvalue weighted by Crippen LogP contribution is -2.58. The van der Waals surface area contributed by atoms with Crippen LogP contribution in [0.5, 0.6) is 0 Å². The number of halogens is 3. The third-order valence-electron chi connectivity index (χ3n) is 3.62. The van der Waals surface area contributed by atoms with Crippen molar-refractivity contribution in [3.8, 4) is 0 Å². The number of carbonyl (C=O) groups is 1. The maximum Gasteiger partial charge on any atom is 0.418 e. The highest BCUT2D eigenvalue weighted by atomic mass is 19.4. The van der Waals surface area contributed by atoms with E-state index in [1.807, 2.05) is 0 Å². The number of hydrogen-bond acceptors (Lipinski definition) is 4. The fourth-order valence-corrected chi connectivity index (χ4v) is 2.39. The Hall–Kier alpha value is -1.57. The summed E-state index contributed by atoms with van der Waals surface area (Å²) in [5, 5.41) is 9.73. The highest BCUT2D eigenvalue weighted by molar-refractivity contribution is 5.92. The van der Waals surface area contributed by atoms with E-state index in [1.165, 1.54) is 0 Å². The van der Waals surface area contributed by atoms with Gasteiger partial charge < -0.3 is 14.4 Å². The number of rotatable bonds is 2. The summed E-state index contributed by atoms with van der Waals surface area (Å²) in [6.45, 7) is 2.73. The first-order chi connectivity index (χ1) is 9.68. The van der Waals surface area contributed by atoms with Gasteiger partial charge in [0.05, 0.1) is 12.2 Å². The molecule has 0 saturated carbocycles. The molecule has 1 fully saturated rings. The summed E-state index contributed by atoms with van der Waals surface area (Å²) in [4.78, 5) is 17.3. The summed E-state index contributed by atoms with van der Waals surface area (Å²) >= 11 is 0. The number of aromatic nitrogens is 1. The summed E-state index contributed by atoms with van der Waals surface area (Å²) in [5.74, 6) is -0.362. The molecule has 1 atom stereocenters. The molecule has 1 amide bonds. The Bertz CT molecular complexity index is 541. The molecule has 0 radical (unpaired) electrons. The number of oxazole rings is 1. The van der Waals surface area contributed by atoms with Crippen molar-refractivity contribution >= 4 is 5.91 Å². The molecule has 1 unspecified atom stereocenters. The molecular weight excluding hydrogens is 289 g/mol. The van der Waals surface area contributed by atoms with Crippen molar-refractivity contribution in [3.63, 3.8) is 0 Å². The minimum atomic E-state index is -4.77. The molecule has 118 valence electrons. The van der Waals surface area contributed by atoms with Gasteiger partial charge in [0.25, 0.3) is 5.91 Å². The van der Waals surface area contributed by atoms with E-state index in [4.69, 9.17) is 4.42 Å². The number of carbonyl (C=O) groups excluding carboxylic acids is 1. The van der Waals surface area contributed by atoms with Crippen LogP contribution in [0.3, 0.4) is 0 Å². The number of likely N-dealkylation sites (tertiary alicyclic amines) is 1. The van der Waals surface area contributed by atoms with Crippen LogP contribution in [0.25, 0.3) is 0 Å². The Kier molecular flexibility index (Phi) is 4.01. The molecular formula is C13H17F3N2O3. The second-order valence-corrected chi connectivity index (χ2v) is 5.24. The van der Waals surface area contributed by atoms with E-state index in [0.717, 1.165) is 4.90 Å². The molecule has 2 heterocycles. The Labute approximate surface area is 119 Å². The molecule has 21 heavy (non-hydrogen) atoms. The first-order valence-corrected chi connectivity index (χ1v) is 6.72. The van der Waals surface area contributed by atoms with Gasteiger partial charge >= 0.3 is 6.18 Å².